The van der Waals surface area contributed by atoms with Gasteiger partial charge in [-0.1, -0.05) is 27.5 Å². The quantitative estimate of drug-likeness (QED) is 0.659. The highest BCUT2D eigenvalue weighted by atomic mass is 79.9. The number of carbonyl (C=O) groups excluding carboxylic acids is 1. The van der Waals surface area contributed by atoms with Gasteiger partial charge in [0.25, 0.3) is 5.91 Å². The van der Waals surface area contributed by atoms with E-state index in [1.165, 1.54) is 7.11 Å². The summed E-state index contributed by atoms with van der Waals surface area (Å²) < 4.78 is 22.8. The van der Waals surface area contributed by atoms with E-state index in [9.17, 15) is 4.79 Å². The molecule has 6 nitrogen and oxygen atoms in total. The van der Waals surface area contributed by atoms with Gasteiger partial charge in [0.1, 0.15) is 13.2 Å². The van der Waals surface area contributed by atoms with Crippen molar-refractivity contribution in [1.82, 2.24) is 5.32 Å². The molecule has 0 bridgehead atoms. The molecule has 1 aliphatic rings. The lowest BCUT2D eigenvalue weighted by Crippen LogP contribution is -2.27. The summed E-state index contributed by atoms with van der Waals surface area (Å²) in [6.45, 7) is 5.20. The van der Waals surface area contributed by atoms with Crippen molar-refractivity contribution < 1.29 is 23.7 Å². The van der Waals surface area contributed by atoms with E-state index >= 15 is 0 Å². The van der Waals surface area contributed by atoms with E-state index in [2.05, 4.69) is 21.2 Å². The maximum atomic E-state index is 12.8. The Balaban J connectivity index is 1.82. The van der Waals surface area contributed by atoms with Crippen LogP contribution in [0.5, 0.6) is 23.0 Å². The lowest BCUT2D eigenvalue weighted by molar-refractivity contribution is 0.0939. The highest BCUT2D eigenvalue weighted by molar-refractivity contribution is 9.10. The number of methoxy groups -OCH3 is 1. The van der Waals surface area contributed by atoms with Crippen molar-refractivity contribution in [3.63, 3.8) is 0 Å². The van der Waals surface area contributed by atoms with Gasteiger partial charge in [-0.15, -0.1) is 0 Å². The maximum Gasteiger partial charge on any atom is 0.251 e. The average molecular weight is 471 g/mol. The first-order chi connectivity index (χ1) is 13.4. The van der Waals surface area contributed by atoms with E-state index in [1.807, 2.05) is 26.0 Å². The van der Waals surface area contributed by atoms with E-state index in [0.717, 1.165) is 10.0 Å². The zero-order valence-electron chi connectivity index (χ0n) is 15.8. The monoisotopic (exact) mass is 469 g/mol. The van der Waals surface area contributed by atoms with Crippen LogP contribution >= 0.6 is 27.5 Å². The smallest absolute Gasteiger partial charge is 0.251 e. The number of hydrogen-bond donors (Lipinski definition) is 1. The van der Waals surface area contributed by atoms with E-state index in [1.54, 1.807) is 12.1 Å². The second-order valence-corrected chi connectivity index (χ2v) is 7.40. The molecule has 0 saturated carbocycles. The number of ether oxygens (including phenoxy) is 4. The average Bonchev–Trinajstić information content (AvgIpc) is 2.68. The van der Waals surface area contributed by atoms with Gasteiger partial charge in [0.2, 0.25) is 0 Å². The molecule has 2 aromatic rings. The van der Waals surface area contributed by atoms with Crippen molar-refractivity contribution in [2.45, 2.75) is 19.9 Å². The largest absolute Gasteiger partial charge is 0.493 e. The molecule has 1 atom stereocenters. The van der Waals surface area contributed by atoms with Gasteiger partial charge in [-0.3, -0.25) is 4.79 Å². The summed E-state index contributed by atoms with van der Waals surface area (Å²) >= 11 is 9.81. The lowest BCUT2D eigenvalue weighted by atomic mass is 10.1. The fourth-order valence-electron chi connectivity index (χ4n) is 2.90. The molecule has 1 amide bonds. The Hall–Kier alpha value is -2.12. The highest BCUT2D eigenvalue weighted by Gasteiger charge is 2.21. The summed E-state index contributed by atoms with van der Waals surface area (Å²) in [6.07, 6.45) is 0. The number of carbonyl (C=O) groups is 1. The summed E-state index contributed by atoms with van der Waals surface area (Å²) in [6, 6.07) is 6.61. The molecule has 2 aromatic carbocycles. The van der Waals surface area contributed by atoms with Crippen molar-refractivity contribution in [1.29, 1.82) is 0 Å². The highest BCUT2D eigenvalue weighted by Crippen LogP contribution is 2.39. The molecule has 0 fully saturated rings. The van der Waals surface area contributed by atoms with Crippen LogP contribution in [0.2, 0.25) is 5.02 Å². The predicted octanol–water partition coefficient (Wildman–Crippen LogP) is 4.77. The van der Waals surface area contributed by atoms with Crippen LogP contribution in [0.25, 0.3) is 0 Å². The van der Waals surface area contributed by atoms with Gasteiger partial charge in [-0.05, 0) is 43.7 Å². The number of nitrogens with one attached hydrogen (secondary N) is 1. The van der Waals surface area contributed by atoms with Gasteiger partial charge in [-0.25, -0.2) is 0 Å². The van der Waals surface area contributed by atoms with Crippen LogP contribution in [-0.4, -0.2) is 32.8 Å². The molecule has 1 N–H and O–H groups in total. The molecule has 0 aromatic heterocycles. The first kappa shape index (κ1) is 20.6. The lowest BCUT2D eigenvalue weighted by Gasteiger charge is -2.22. The number of benzene rings is 2. The third-order valence-electron chi connectivity index (χ3n) is 4.26. The fourth-order valence-corrected chi connectivity index (χ4v) is 3.84. The Morgan fingerprint density at radius 3 is 2.57 bits per heavy atom. The Bertz CT molecular complexity index is 889. The molecule has 0 radical (unpaired) electrons. The van der Waals surface area contributed by atoms with Gasteiger partial charge in [0.15, 0.2) is 23.0 Å². The first-order valence-corrected chi connectivity index (χ1v) is 10.0. The summed E-state index contributed by atoms with van der Waals surface area (Å²) in [5, 5.41) is 3.29. The van der Waals surface area contributed by atoms with E-state index < -0.39 is 0 Å². The Morgan fingerprint density at radius 1 is 1.25 bits per heavy atom. The molecule has 1 heterocycles. The molecule has 8 heteroatoms. The van der Waals surface area contributed by atoms with Crippen LogP contribution < -0.4 is 24.3 Å². The van der Waals surface area contributed by atoms with Crippen molar-refractivity contribution in [3.8, 4) is 23.0 Å². The zero-order valence-corrected chi connectivity index (χ0v) is 18.1. The minimum Gasteiger partial charge on any atom is -0.493 e. The minimum atomic E-state index is -0.283. The van der Waals surface area contributed by atoms with Gasteiger partial charge >= 0.3 is 0 Å². The van der Waals surface area contributed by atoms with Gasteiger partial charge in [-0.2, -0.15) is 0 Å². The van der Waals surface area contributed by atoms with Crippen molar-refractivity contribution in [2.75, 3.05) is 26.9 Å². The number of halogens is 2. The topological polar surface area (TPSA) is 66.0 Å². The number of fused-ring (bicyclic) bond motifs is 1. The molecule has 0 aliphatic carbocycles. The molecular weight excluding hydrogens is 450 g/mol. The third kappa shape index (κ3) is 4.31. The number of rotatable bonds is 6. The van der Waals surface area contributed by atoms with Crippen LogP contribution in [0, 0.1) is 0 Å². The molecule has 1 unspecified atom stereocenters. The van der Waals surface area contributed by atoms with Crippen LogP contribution in [0.4, 0.5) is 0 Å². The van der Waals surface area contributed by atoms with Crippen molar-refractivity contribution >= 4 is 33.4 Å². The van der Waals surface area contributed by atoms with Crippen molar-refractivity contribution in [2.24, 2.45) is 0 Å². The molecule has 1 aliphatic heterocycles. The summed E-state index contributed by atoms with van der Waals surface area (Å²) in [4.78, 5) is 12.8. The van der Waals surface area contributed by atoms with Gasteiger partial charge in [0, 0.05) is 10.0 Å². The Labute approximate surface area is 177 Å². The van der Waals surface area contributed by atoms with Gasteiger partial charge < -0.3 is 24.3 Å². The number of hydrogen-bond acceptors (Lipinski definition) is 5. The van der Waals surface area contributed by atoms with E-state index in [0.29, 0.717) is 53.4 Å². The Kier molecular flexibility index (Phi) is 6.57. The summed E-state index contributed by atoms with van der Waals surface area (Å²) in [5.41, 5.74) is 1.26. The second kappa shape index (κ2) is 8.92. The molecular formula is C20H21BrClNO5. The maximum absolute atomic E-state index is 12.8. The van der Waals surface area contributed by atoms with E-state index in [4.69, 9.17) is 30.5 Å². The predicted molar refractivity (Wildman–Crippen MR) is 110 cm³/mol. The third-order valence-corrected chi connectivity index (χ3v) is 5.22. The second-order valence-electron chi connectivity index (χ2n) is 6.13. The van der Waals surface area contributed by atoms with Crippen LogP contribution in [0.1, 0.15) is 35.8 Å². The van der Waals surface area contributed by atoms with Gasteiger partial charge in [0.05, 0.1) is 24.8 Å². The summed E-state index contributed by atoms with van der Waals surface area (Å²) in [7, 11) is 1.50. The van der Waals surface area contributed by atoms with Crippen LogP contribution in [-0.2, 0) is 0 Å². The number of amides is 1. The zero-order chi connectivity index (χ0) is 20.3. The minimum absolute atomic E-state index is 0.280. The van der Waals surface area contributed by atoms with Crippen LogP contribution in [0.3, 0.4) is 0 Å². The Morgan fingerprint density at radius 2 is 1.93 bits per heavy atom. The SMILES string of the molecule is CCOc1c(Cl)cc(C(=O)NC(C)c2cc3c(cc2Br)OCCO3)cc1OC. The summed E-state index contributed by atoms with van der Waals surface area (Å²) in [5.74, 6) is 1.90. The van der Waals surface area contributed by atoms with Crippen molar-refractivity contribution in [3.05, 3.63) is 44.9 Å². The molecule has 3 rings (SSSR count). The standard InChI is InChI=1S/C20H21BrClNO5/c1-4-26-19-15(22)7-12(8-18(19)25-3)20(24)23-11(2)13-9-16-17(10-14(13)21)28-6-5-27-16/h7-11H,4-6H2,1-3H3,(H,23,24). The fraction of sp³-hybridized carbons (Fsp3) is 0.350. The normalized spacial score (nSPS) is 13.6. The molecule has 28 heavy (non-hydrogen) atoms. The molecule has 0 spiro atoms. The van der Waals surface area contributed by atoms with Crippen LogP contribution in [0.15, 0.2) is 28.7 Å². The molecule has 0 saturated heterocycles. The molecule has 150 valence electrons. The first-order valence-electron chi connectivity index (χ1n) is 8.84. The van der Waals surface area contributed by atoms with E-state index in [-0.39, 0.29) is 11.9 Å².